The van der Waals surface area contributed by atoms with Gasteiger partial charge in [-0.25, -0.2) is 4.79 Å². The van der Waals surface area contributed by atoms with Crippen LogP contribution in [0, 0.1) is 0 Å². The van der Waals surface area contributed by atoms with E-state index >= 15 is 0 Å². The molecule has 2 aromatic rings. The van der Waals surface area contributed by atoms with Crippen molar-refractivity contribution in [3.05, 3.63) is 59.7 Å². The fourth-order valence-electron chi connectivity index (χ4n) is 2.24. The molecule has 0 bridgehead atoms. The SMILES string of the molecule is COc1ccc(/C(C)=C(/C(=O)O)c2ccc(OC)cc2)cc1. The number of benzene rings is 2. The molecule has 0 unspecified atom stereocenters. The summed E-state index contributed by atoms with van der Waals surface area (Å²) in [4.78, 5) is 11.7. The van der Waals surface area contributed by atoms with Crippen molar-refractivity contribution in [1.29, 1.82) is 0 Å². The van der Waals surface area contributed by atoms with Crippen LogP contribution in [0.1, 0.15) is 18.1 Å². The molecule has 2 aromatic carbocycles. The molecule has 4 heteroatoms. The summed E-state index contributed by atoms with van der Waals surface area (Å²) < 4.78 is 10.2. The maximum atomic E-state index is 11.7. The molecular weight excluding hydrogens is 280 g/mol. The van der Waals surface area contributed by atoms with E-state index in [9.17, 15) is 9.90 Å². The summed E-state index contributed by atoms with van der Waals surface area (Å²) in [6, 6.07) is 14.3. The zero-order valence-corrected chi connectivity index (χ0v) is 12.8. The van der Waals surface area contributed by atoms with Crippen LogP contribution in [0.4, 0.5) is 0 Å². The maximum absolute atomic E-state index is 11.7. The van der Waals surface area contributed by atoms with E-state index in [0.717, 1.165) is 11.3 Å². The number of rotatable bonds is 5. The third kappa shape index (κ3) is 3.28. The lowest BCUT2D eigenvalue weighted by Gasteiger charge is -2.10. The van der Waals surface area contributed by atoms with Gasteiger partial charge < -0.3 is 14.6 Å². The van der Waals surface area contributed by atoms with Gasteiger partial charge in [0.1, 0.15) is 11.5 Å². The van der Waals surface area contributed by atoms with E-state index in [2.05, 4.69) is 0 Å². The van der Waals surface area contributed by atoms with Gasteiger partial charge in [-0.1, -0.05) is 24.3 Å². The molecule has 0 aromatic heterocycles. The highest BCUT2D eigenvalue weighted by atomic mass is 16.5. The highest BCUT2D eigenvalue weighted by Crippen LogP contribution is 2.28. The first-order valence-electron chi connectivity index (χ1n) is 6.80. The number of ether oxygens (including phenoxy) is 2. The summed E-state index contributed by atoms with van der Waals surface area (Å²) >= 11 is 0. The molecule has 4 nitrogen and oxygen atoms in total. The molecular formula is C18H18O4. The van der Waals surface area contributed by atoms with Crippen molar-refractivity contribution in [3.8, 4) is 11.5 Å². The van der Waals surface area contributed by atoms with Crippen LogP contribution in [0.2, 0.25) is 0 Å². The van der Waals surface area contributed by atoms with Crippen molar-refractivity contribution in [2.24, 2.45) is 0 Å². The lowest BCUT2D eigenvalue weighted by atomic mass is 9.95. The Labute approximate surface area is 129 Å². The lowest BCUT2D eigenvalue weighted by Crippen LogP contribution is -2.02. The average Bonchev–Trinajstić information content (AvgIpc) is 2.55. The first kappa shape index (κ1) is 15.6. The zero-order valence-electron chi connectivity index (χ0n) is 12.8. The first-order chi connectivity index (χ1) is 10.6. The molecule has 0 spiro atoms. The van der Waals surface area contributed by atoms with Crippen LogP contribution in [0.15, 0.2) is 48.5 Å². The molecule has 114 valence electrons. The van der Waals surface area contributed by atoms with Crippen LogP contribution >= 0.6 is 0 Å². The standard InChI is InChI=1S/C18H18O4/c1-12(13-4-8-15(21-2)9-5-13)17(18(19)20)14-6-10-16(22-3)11-7-14/h4-11H,1-3H3,(H,19,20)/b17-12+. The molecule has 0 aliphatic heterocycles. The predicted molar refractivity (Wildman–Crippen MR) is 86.1 cm³/mol. The van der Waals surface area contributed by atoms with Crippen molar-refractivity contribution in [2.75, 3.05) is 14.2 Å². The van der Waals surface area contributed by atoms with Crippen molar-refractivity contribution in [1.82, 2.24) is 0 Å². The van der Waals surface area contributed by atoms with Crippen molar-refractivity contribution >= 4 is 17.1 Å². The van der Waals surface area contributed by atoms with Crippen LogP contribution < -0.4 is 9.47 Å². The van der Waals surface area contributed by atoms with Gasteiger partial charge in [-0.2, -0.15) is 0 Å². The monoisotopic (exact) mass is 298 g/mol. The quantitative estimate of drug-likeness (QED) is 0.675. The minimum atomic E-state index is -0.960. The van der Waals surface area contributed by atoms with E-state index in [0.29, 0.717) is 16.9 Å². The number of hydrogen-bond acceptors (Lipinski definition) is 3. The average molecular weight is 298 g/mol. The Hall–Kier alpha value is -2.75. The molecule has 0 radical (unpaired) electrons. The largest absolute Gasteiger partial charge is 0.497 e. The van der Waals surface area contributed by atoms with Crippen LogP contribution in [-0.4, -0.2) is 25.3 Å². The number of carbonyl (C=O) groups is 1. The van der Waals surface area contributed by atoms with Gasteiger partial charge in [-0.3, -0.25) is 0 Å². The van der Waals surface area contributed by atoms with Gasteiger partial charge in [0.15, 0.2) is 0 Å². The second-order valence-corrected chi connectivity index (χ2v) is 4.76. The first-order valence-corrected chi connectivity index (χ1v) is 6.80. The molecule has 0 atom stereocenters. The molecule has 0 aliphatic rings. The van der Waals surface area contributed by atoms with Gasteiger partial charge in [-0.05, 0) is 47.9 Å². The number of methoxy groups -OCH3 is 2. The van der Waals surface area contributed by atoms with Crippen LogP contribution in [0.25, 0.3) is 11.1 Å². The van der Waals surface area contributed by atoms with Gasteiger partial charge in [0.2, 0.25) is 0 Å². The van der Waals surface area contributed by atoms with E-state index < -0.39 is 5.97 Å². The highest BCUT2D eigenvalue weighted by molar-refractivity contribution is 6.23. The summed E-state index contributed by atoms with van der Waals surface area (Å²) in [5.74, 6) is 0.465. The molecule has 22 heavy (non-hydrogen) atoms. The third-order valence-corrected chi connectivity index (χ3v) is 3.49. The molecule has 0 saturated heterocycles. The topological polar surface area (TPSA) is 55.8 Å². The minimum Gasteiger partial charge on any atom is -0.497 e. The van der Waals surface area contributed by atoms with Crippen molar-refractivity contribution < 1.29 is 19.4 Å². The van der Waals surface area contributed by atoms with Crippen LogP contribution in [-0.2, 0) is 4.79 Å². The van der Waals surface area contributed by atoms with Gasteiger partial charge in [-0.15, -0.1) is 0 Å². The molecule has 0 fully saturated rings. The third-order valence-electron chi connectivity index (χ3n) is 3.49. The Kier molecular flexibility index (Phi) is 4.84. The van der Waals surface area contributed by atoms with Gasteiger partial charge in [0.05, 0.1) is 19.8 Å². The molecule has 1 N–H and O–H groups in total. The predicted octanol–water partition coefficient (Wildman–Crippen LogP) is 3.72. The van der Waals surface area contributed by atoms with E-state index in [1.165, 1.54) is 0 Å². The Balaban J connectivity index is 2.49. The smallest absolute Gasteiger partial charge is 0.336 e. The van der Waals surface area contributed by atoms with Gasteiger partial charge in [0.25, 0.3) is 0 Å². The fraction of sp³-hybridized carbons (Fsp3) is 0.167. The molecule has 0 saturated carbocycles. The maximum Gasteiger partial charge on any atom is 0.336 e. The summed E-state index contributed by atoms with van der Waals surface area (Å²) in [5, 5.41) is 9.57. The zero-order chi connectivity index (χ0) is 16.1. The number of hydrogen-bond donors (Lipinski definition) is 1. The number of carboxylic acids is 1. The Morgan fingerprint density at radius 3 is 1.59 bits per heavy atom. The Morgan fingerprint density at radius 2 is 1.23 bits per heavy atom. The highest BCUT2D eigenvalue weighted by Gasteiger charge is 2.15. The fourth-order valence-corrected chi connectivity index (χ4v) is 2.24. The Bertz CT molecular complexity index is 682. The van der Waals surface area contributed by atoms with Crippen molar-refractivity contribution in [3.63, 3.8) is 0 Å². The number of aliphatic carboxylic acids is 1. The second kappa shape index (κ2) is 6.80. The minimum absolute atomic E-state index is 0.271. The number of carboxylic acid groups (broad SMARTS) is 1. The normalized spacial score (nSPS) is 11.6. The van der Waals surface area contributed by atoms with E-state index in [1.807, 2.05) is 24.3 Å². The lowest BCUT2D eigenvalue weighted by molar-refractivity contribution is -0.130. The van der Waals surface area contributed by atoms with Gasteiger partial charge in [0, 0.05) is 0 Å². The van der Waals surface area contributed by atoms with E-state index in [-0.39, 0.29) is 5.57 Å². The summed E-state index contributed by atoms with van der Waals surface area (Å²) in [6.45, 7) is 1.80. The summed E-state index contributed by atoms with van der Waals surface area (Å²) in [7, 11) is 3.17. The van der Waals surface area contributed by atoms with Crippen LogP contribution in [0.5, 0.6) is 11.5 Å². The van der Waals surface area contributed by atoms with E-state index in [1.54, 1.807) is 45.4 Å². The Morgan fingerprint density at radius 1 is 0.818 bits per heavy atom. The molecule has 0 amide bonds. The molecule has 0 aliphatic carbocycles. The van der Waals surface area contributed by atoms with Crippen LogP contribution in [0.3, 0.4) is 0 Å². The molecule has 0 heterocycles. The van der Waals surface area contributed by atoms with Gasteiger partial charge >= 0.3 is 5.97 Å². The summed E-state index contributed by atoms with van der Waals surface area (Å²) in [6.07, 6.45) is 0. The second-order valence-electron chi connectivity index (χ2n) is 4.76. The van der Waals surface area contributed by atoms with Crippen molar-refractivity contribution in [2.45, 2.75) is 6.92 Å². The van der Waals surface area contributed by atoms with E-state index in [4.69, 9.17) is 9.47 Å². The molecule has 2 rings (SSSR count). The summed E-state index contributed by atoms with van der Waals surface area (Å²) in [5.41, 5.74) is 2.45. The number of allylic oxidation sites excluding steroid dienone is 1.